The first kappa shape index (κ1) is 31.6. The molecule has 0 N–H and O–H groups in total. The molecule has 0 amide bonds. The van der Waals surface area contributed by atoms with Crippen LogP contribution < -0.4 is 4.90 Å². The number of hydrogen-bond acceptors (Lipinski definition) is 3. The van der Waals surface area contributed by atoms with Gasteiger partial charge in [-0.15, -0.1) is 62.5 Å². The standard InChI is InChI=1S/C12H14BrNO2.H15P13/c1-12(11(15)16-2)7-14(8-12)10-5-3-4-9(13)6-10;1-8-12(9(2)3)13(10(4)5)11(6)7/h3-6H,7-8H2,1-2H3;8H,1-7H2. The van der Waals surface area contributed by atoms with Crippen LogP contribution >= 0.6 is 121 Å². The van der Waals surface area contributed by atoms with Crippen molar-refractivity contribution < 1.29 is 9.53 Å². The van der Waals surface area contributed by atoms with Crippen molar-refractivity contribution in [1.82, 2.24) is 0 Å². The highest BCUT2D eigenvalue weighted by atomic mass is 79.9. The SMILES string of the molecule is COC(=O)C1(C)CN(c2cccc(Br)c2)C1.PPP(P(P)P)P(P(P)P)P(P)P. The highest BCUT2D eigenvalue weighted by Gasteiger charge is 2.46. The lowest BCUT2D eigenvalue weighted by Gasteiger charge is -2.47. The highest BCUT2D eigenvalue weighted by Crippen LogP contribution is 3.18. The van der Waals surface area contributed by atoms with Crippen LogP contribution in [0.3, 0.4) is 0 Å². The van der Waals surface area contributed by atoms with E-state index < -0.39 is 0 Å². The predicted octanol–water partition coefficient (Wildman–Crippen LogP) is 9.63. The van der Waals surface area contributed by atoms with Crippen LogP contribution in [0.2, 0.25) is 0 Å². The molecule has 1 aliphatic heterocycles. The van der Waals surface area contributed by atoms with E-state index >= 15 is 0 Å². The van der Waals surface area contributed by atoms with Crippen molar-refractivity contribution in [1.29, 1.82) is 0 Å². The first-order valence-electron chi connectivity index (χ1n) is 8.00. The van der Waals surface area contributed by atoms with Gasteiger partial charge in [-0.1, -0.05) is 30.0 Å². The number of methoxy groups -OCH3 is 1. The summed E-state index contributed by atoms with van der Waals surface area (Å²) in [7, 11) is 23.7. The van der Waals surface area contributed by atoms with E-state index in [1.807, 2.05) is 25.1 Å². The Morgan fingerprint density at radius 2 is 1.69 bits per heavy atom. The quantitative estimate of drug-likeness (QED) is 0.210. The average Bonchev–Trinajstić information content (AvgIpc) is 2.62. The van der Waals surface area contributed by atoms with Gasteiger partial charge in [0.2, 0.25) is 0 Å². The third-order valence-corrected chi connectivity index (χ3v) is 77.7. The summed E-state index contributed by atoms with van der Waals surface area (Å²) in [4.78, 5) is 13.7. The third-order valence-electron chi connectivity index (χ3n) is 3.85. The van der Waals surface area contributed by atoms with Crippen LogP contribution in [0.5, 0.6) is 0 Å². The van der Waals surface area contributed by atoms with E-state index in [1.54, 1.807) is 0 Å². The lowest BCUT2D eigenvalue weighted by atomic mass is 9.81. The minimum atomic E-state index is -0.350. The molecule has 0 radical (unpaired) electrons. The fourth-order valence-corrected chi connectivity index (χ4v) is 130. The maximum Gasteiger partial charge on any atom is 0.315 e. The number of carbonyl (C=O) groups excluding carboxylic acids is 1. The number of rotatable bonds is 7. The normalized spacial score (nSPS) is 17.0. The minimum Gasteiger partial charge on any atom is -0.468 e. The van der Waals surface area contributed by atoms with Gasteiger partial charge >= 0.3 is 5.97 Å². The van der Waals surface area contributed by atoms with Gasteiger partial charge in [0, 0.05) is 23.2 Å². The van der Waals surface area contributed by atoms with E-state index in [4.69, 9.17) is 4.74 Å². The molecule has 9 atom stereocenters. The van der Waals surface area contributed by atoms with Crippen molar-refractivity contribution in [2.45, 2.75) is 6.92 Å². The van der Waals surface area contributed by atoms with Crippen molar-refractivity contribution in [3.05, 3.63) is 28.7 Å². The first-order chi connectivity index (χ1) is 13.5. The first-order valence-corrected chi connectivity index (χ1v) is 31.7. The van der Waals surface area contributed by atoms with Crippen molar-refractivity contribution >= 4 is 133 Å². The summed E-state index contributed by atoms with van der Waals surface area (Å²) < 4.78 is 5.84. The molecular weight excluding hydrogens is 673 g/mol. The number of anilines is 1. The van der Waals surface area contributed by atoms with E-state index in [2.05, 4.69) is 89.4 Å². The zero-order valence-electron chi connectivity index (χ0n) is 16.1. The van der Waals surface area contributed by atoms with E-state index in [-0.39, 0.29) is 46.3 Å². The Morgan fingerprint density at radius 3 is 2.03 bits per heavy atom. The molecule has 29 heavy (non-hydrogen) atoms. The number of ether oxygens (including phenoxy) is 1. The molecule has 1 heterocycles. The van der Waals surface area contributed by atoms with Crippen molar-refractivity contribution in [3.8, 4) is 0 Å². The number of halogens is 1. The monoisotopic (exact) mass is 701 g/mol. The summed E-state index contributed by atoms with van der Waals surface area (Å²) in [6, 6.07) is 8.08. The molecule has 17 heteroatoms. The maximum absolute atomic E-state index is 11.5. The van der Waals surface area contributed by atoms with Gasteiger partial charge in [0.25, 0.3) is 0 Å². The molecule has 1 fully saturated rings. The summed E-state index contributed by atoms with van der Waals surface area (Å²) in [6.07, 6.45) is 0. The van der Waals surface area contributed by atoms with Crippen molar-refractivity contribution in [3.63, 3.8) is 0 Å². The van der Waals surface area contributed by atoms with Gasteiger partial charge in [-0.3, -0.25) is 4.79 Å². The summed E-state index contributed by atoms with van der Waals surface area (Å²) in [5.41, 5.74) is 0.785. The zero-order valence-corrected chi connectivity index (χ0v) is 31.3. The molecule has 2 rings (SSSR count). The number of nitrogens with zero attached hydrogens (tertiary/aromatic N) is 1. The zero-order chi connectivity index (χ0) is 22.4. The van der Waals surface area contributed by atoms with Crippen LogP contribution in [0.25, 0.3) is 0 Å². The van der Waals surface area contributed by atoms with Gasteiger partial charge in [0.15, 0.2) is 0 Å². The summed E-state index contributed by atoms with van der Waals surface area (Å²) in [6.45, 7) is 4.24. The highest BCUT2D eigenvalue weighted by molar-refractivity contribution is 9.24. The summed E-state index contributed by atoms with van der Waals surface area (Å²) >= 11 is 3.44. The second-order valence-electron chi connectivity index (χ2n) is 6.22. The van der Waals surface area contributed by atoms with E-state index in [9.17, 15) is 4.79 Å². The predicted molar refractivity (Wildman–Crippen MR) is 177 cm³/mol. The van der Waals surface area contributed by atoms with Gasteiger partial charge < -0.3 is 9.64 Å². The van der Waals surface area contributed by atoms with E-state index in [0.29, 0.717) is 0 Å². The van der Waals surface area contributed by atoms with Gasteiger partial charge in [-0.05, 0) is 60.1 Å². The molecule has 0 aromatic heterocycles. The van der Waals surface area contributed by atoms with Gasteiger partial charge in [-0.25, -0.2) is 0 Å². The molecular formula is C12H29BrNO2P13. The largest absolute Gasteiger partial charge is 0.468 e. The lowest BCUT2D eigenvalue weighted by Crippen LogP contribution is -2.59. The van der Waals surface area contributed by atoms with Crippen LogP contribution in [-0.4, -0.2) is 26.2 Å². The molecule has 1 aliphatic rings. The molecule has 1 saturated heterocycles. The van der Waals surface area contributed by atoms with Crippen LogP contribution in [0.15, 0.2) is 28.7 Å². The second-order valence-corrected chi connectivity index (χ2v) is 54.6. The van der Waals surface area contributed by atoms with Crippen LogP contribution in [-0.2, 0) is 9.53 Å². The Balaban J connectivity index is 0.000000298. The third kappa shape index (κ3) is 10.2. The molecule has 0 aliphatic carbocycles. The smallest absolute Gasteiger partial charge is 0.315 e. The average molecular weight is 702 g/mol. The van der Waals surface area contributed by atoms with Crippen LogP contribution in [0, 0.1) is 5.41 Å². The topological polar surface area (TPSA) is 29.5 Å². The molecule has 9 unspecified atom stereocenters. The number of benzene rings is 1. The Hall–Kier alpha value is 4.56. The maximum atomic E-state index is 11.5. The van der Waals surface area contributed by atoms with Gasteiger partial charge in [0.1, 0.15) is 0 Å². The fraction of sp³-hybridized carbons (Fsp3) is 0.417. The van der Waals surface area contributed by atoms with Crippen LogP contribution in [0.4, 0.5) is 5.69 Å². The Labute approximate surface area is 207 Å². The summed E-state index contributed by atoms with van der Waals surface area (Å²) in [5.74, 6) is -0.126. The minimum absolute atomic E-state index is 0.116. The molecule has 1 aromatic carbocycles. The Kier molecular flexibility index (Phi) is 17.0. The fourth-order valence-electron chi connectivity index (χ4n) is 2.55. The van der Waals surface area contributed by atoms with Crippen molar-refractivity contribution in [2.24, 2.45) is 5.41 Å². The molecule has 0 saturated carbocycles. The number of hydrogen-bond donors (Lipinski definition) is 0. The molecule has 3 nitrogen and oxygen atoms in total. The number of esters is 1. The van der Waals surface area contributed by atoms with Gasteiger partial charge in [0.05, 0.1) is 12.5 Å². The Morgan fingerprint density at radius 1 is 1.14 bits per heavy atom. The lowest BCUT2D eigenvalue weighted by molar-refractivity contribution is -0.153. The number of carbonyl (C=O) groups is 1. The summed E-state index contributed by atoms with van der Waals surface area (Å²) in [5, 5.41) is 0. The molecule has 0 spiro atoms. The molecule has 0 bridgehead atoms. The Bertz CT molecular complexity index is 652. The van der Waals surface area contributed by atoms with E-state index in [1.165, 1.54) is 7.11 Å². The van der Waals surface area contributed by atoms with E-state index in [0.717, 1.165) is 31.2 Å². The van der Waals surface area contributed by atoms with Gasteiger partial charge in [-0.2, -0.15) is 0 Å². The van der Waals surface area contributed by atoms with Crippen molar-refractivity contribution in [2.75, 3.05) is 25.1 Å². The molecule has 166 valence electrons. The molecule has 1 aromatic rings. The van der Waals surface area contributed by atoms with Crippen LogP contribution in [0.1, 0.15) is 6.92 Å². The second kappa shape index (κ2) is 15.6.